The molecule has 0 saturated heterocycles. The fourth-order valence-electron chi connectivity index (χ4n) is 1.56. The van der Waals surface area contributed by atoms with Crippen molar-refractivity contribution in [2.24, 2.45) is 0 Å². The molecule has 0 aliphatic carbocycles. The Labute approximate surface area is 145 Å². The van der Waals surface area contributed by atoms with E-state index in [9.17, 15) is 9.18 Å². The Morgan fingerprint density at radius 2 is 1.95 bits per heavy atom. The lowest BCUT2D eigenvalue weighted by Gasteiger charge is -2.11. The largest absolute Gasteiger partial charge is 0.330 e. The first kappa shape index (κ1) is 16.1. The van der Waals surface area contributed by atoms with E-state index in [1.54, 1.807) is 36.4 Å². The minimum absolute atomic E-state index is 0.0000258. The molecule has 0 fully saturated rings. The molecule has 0 atom stereocenters. The van der Waals surface area contributed by atoms with Crippen molar-refractivity contribution in [2.75, 3.05) is 5.32 Å². The molecule has 0 aliphatic heterocycles. The average molecular weight is 435 g/mol. The van der Waals surface area contributed by atoms with Gasteiger partial charge in [0.15, 0.2) is 5.11 Å². The van der Waals surface area contributed by atoms with Crippen LogP contribution in [0.25, 0.3) is 0 Å². The van der Waals surface area contributed by atoms with Crippen LogP contribution in [0.15, 0.2) is 42.5 Å². The van der Waals surface area contributed by atoms with Crippen LogP contribution in [0.4, 0.5) is 10.1 Å². The Balaban J connectivity index is 2.05. The lowest BCUT2D eigenvalue weighted by atomic mass is 10.2. The highest BCUT2D eigenvalue weighted by Crippen LogP contribution is 2.17. The maximum absolute atomic E-state index is 13.7. The molecule has 0 saturated carbocycles. The first-order valence-corrected chi connectivity index (χ1v) is 7.66. The summed E-state index contributed by atoms with van der Waals surface area (Å²) in [7, 11) is 0. The molecule has 2 aromatic carbocycles. The minimum Gasteiger partial charge on any atom is -0.330 e. The fourth-order valence-corrected chi connectivity index (χ4v) is 2.44. The first-order chi connectivity index (χ1) is 9.97. The van der Waals surface area contributed by atoms with Crippen molar-refractivity contribution in [3.63, 3.8) is 0 Å². The zero-order valence-electron chi connectivity index (χ0n) is 10.5. The number of thiocarbonyl (C=S) groups is 1. The molecule has 0 spiro atoms. The van der Waals surface area contributed by atoms with Gasteiger partial charge in [-0.2, -0.15) is 0 Å². The Bertz CT molecular complexity index is 711. The number of nitrogens with one attached hydrogen (secondary N) is 2. The van der Waals surface area contributed by atoms with Crippen LogP contribution >= 0.6 is 46.4 Å². The summed E-state index contributed by atoms with van der Waals surface area (Å²) in [6.07, 6.45) is 0. The summed E-state index contributed by atoms with van der Waals surface area (Å²) in [4.78, 5) is 12.0. The highest BCUT2D eigenvalue weighted by Gasteiger charge is 2.12. The summed E-state index contributed by atoms with van der Waals surface area (Å²) in [6.45, 7) is 0. The molecule has 2 rings (SSSR count). The highest BCUT2D eigenvalue weighted by molar-refractivity contribution is 14.1. The molecule has 3 nitrogen and oxygen atoms in total. The van der Waals surface area contributed by atoms with Gasteiger partial charge in [0.25, 0.3) is 5.91 Å². The smallest absolute Gasteiger partial charge is 0.258 e. The molecular weight excluding hydrogens is 426 g/mol. The summed E-state index contributed by atoms with van der Waals surface area (Å²) in [5, 5.41) is 5.41. The van der Waals surface area contributed by atoms with Crippen LogP contribution in [0.2, 0.25) is 5.02 Å². The number of anilines is 1. The second-order valence-corrected chi connectivity index (χ2v) is 6.07. The van der Waals surface area contributed by atoms with Crippen LogP contribution in [-0.4, -0.2) is 11.0 Å². The number of benzene rings is 2. The lowest BCUT2D eigenvalue weighted by molar-refractivity contribution is 0.0978. The molecule has 0 unspecified atom stereocenters. The van der Waals surface area contributed by atoms with E-state index in [0.29, 0.717) is 10.6 Å². The van der Waals surface area contributed by atoms with Crippen LogP contribution < -0.4 is 10.6 Å². The van der Waals surface area contributed by atoms with Crippen molar-refractivity contribution in [1.29, 1.82) is 0 Å². The average Bonchev–Trinajstić information content (AvgIpc) is 2.42. The molecule has 2 aromatic rings. The van der Waals surface area contributed by atoms with Gasteiger partial charge in [-0.05, 0) is 65.1 Å². The second-order valence-electron chi connectivity index (χ2n) is 4.01. The Kier molecular flexibility index (Phi) is 5.49. The predicted molar refractivity (Wildman–Crippen MR) is 94.3 cm³/mol. The summed E-state index contributed by atoms with van der Waals surface area (Å²) in [6, 6.07) is 11.2. The van der Waals surface area contributed by atoms with Gasteiger partial charge in [0.05, 0.1) is 16.3 Å². The quantitative estimate of drug-likeness (QED) is 0.550. The molecule has 0 aliphatic rings. The van der Waals surface area contributed by atoms with E-state index in [1.165, 1.54) is 6.07 Å². The Morgan fingerprint density at radius 3 is 2.62 bits per heavy atom. The van der Waals surface area contributed by atoms with Crippen molar-refractivity contribution in [1.82, 2.24) is 5.32 Å². The van der Waals surface area contributed by atoms with Crippen LogP contribution in [-0.2, 0) is 0 Å². The number of hydrogen-bond acceptors (Lipinski definition) is 2. The standard InChI is InChI=1S/C14H9ClFIN2OS/c15-10-4-2-1-3-9(10)13(20)19-14(21)18-12-6-5-8(17)7-11(12)16/h1-7H,(H2,18,19,20,21). The molecule has 0 aromatic heterocycles. The Hall–Kier alpha value is -1.25. The fraction of sp³-hybridized carbons (Fsp3) is 0. The van der Waals surface area contributed by atoms with Gasteiger partial charge in [0.1, 0.15) is 5.82 Å². The Morgan fingerprint density at radius 1 is 1.24 bits per heavy atom. The summed E-state index contributed by atoms with van der Waals surface area (Å²) in [5.74, 6) is -0.903. The van der Waals surface area contributed by atoms with Crippen molar-refractivity contribution < 1.29 is 9.18 Å². The molecule has 0 radical (unpaired) electrons. The molecule has 0 bridgehead atoms. The number of halogens is 3. The topological polar surface area (TPSA) is 41.1 Å². The van der Waals surface area contributed by atoms with Crippen LogP contribution in [0.1, 0.15) is 10.4 Å². The summed E-state index contributed by atoms with van der Waals surface area (Å²) in [5.41, 5.74) is 0.492. The van der Waals surface area contributed by atoms with Crippen LogP contribution in [0.3, 0.4) is 0 Å². The van der Waals surface area contributed by atoms with Gasteiger partial charge in [-0.15, -0.1) is 0 Å². The number of carbonyl (C=O) groups excluding carboxylic acids is 1. The monoisotopic (exact) mass is 434 g/mol. The summed E-state index contributed by atoms with van der Waals surface area (Å²) < 4.78 is 14.4. The van der Waals surface area contributed by atoms with E-state index < -0.39 is 11.7 Å². The minimum atomic E-state index is -0.455. The van der Waals surface area contributed by atoms with Gasteiger partial charge in [-0.3, -0.25) is 10.1 Å². The number of rotatable bonds is 2. The van der Waals surface area contributed by atoms with E-state index in [0.717, 1.165) is 3.57 Å². The summed E-state index contributed by atoms with van der Waals surface area (Å²) >= 11 is 12.9. The van der Waals surface area contributed by atoms with Gasteiger partial charge < -0.3 is 5.32 Å². The first-order valence-electron chi connectivity index (χ1n) is 5.79. The molecule has 2 N–H and O–H groups in total. The number of hydrogen-bond donors (Lipinski definition) is 2. The van der Waals surface area contributed by atoms with Gasteiger partial charge in [-0.25, -0.2) is 4.39 Å². The third-order valence-electron chi connectivity index (χ3n) is 2.52. The maximum atomic E-state index is 13.7. The van der Waals surface area contributed by atoms with E-state index in [4.69, 9.17) is 23.8 Å². The maximum Gasteiger partial charge on any atom is 0.258 e. The molecule has 1 amide bonds. The number of amides is 1. The zero-order valence-corrected chi connectivity index (χ0v) is 14.2. The van der Waals surface area contributed by atoms with Gasteiger partial charge >= 0.3 is 0 Å². The van der Waals surface area contributed by atoms with Crippen molar-refractivity contribution in [2.45, 2.75) is 0 Å². The second kappa shape index (κ2) is 7.15. The third kappa shape index (κ3) is 4.36. The van der Waals surface area contributed by atoms with Crippen molar-refractivity contribution in [3.8, 4) is 0 Å². The molecule has 21 heavy (non-hydrogen) atoms. The zero-order chi connectivity index (χ0) is 15.4. The molecule has 108 valence electrons. The molecule has 0 heterocycles. The predicted octanol–water partition coefficient (Wildman–Crippen LogP) is 4.21. The van der Waals surface area contributed by atoms with Crippen molar-refractivity contribution in [3.05, 3.63) is 62.4 Å². The van der Waals surface area contributed by atoms with Gasteiger partial charge in [-0.1, -0.05) is 23.7 Å². The van der Waals surface area contributed by atoms with E-state index in [1.807, 2.05) is 22.6 Å². The lowest BCUT2D eigenvalue weighted by Crippen LogP contribution is -2.34. The molecular formula is C14H9ClFIN2OS. The van der Waals surface area contributed by atoms with Gasteiger partial charge in [0.2, 0.25) is 0 Å². The van der Waals surface area contributed by atoms with Crippen molar-refractivity contribution >= 4 is 63.1 Å². The van der Waals surface area contributed by atoms with Gasteiger partial charge in [0, 0.05) is 3.57 Å². The highest BCUT2D eigenvalue weighted by atomic mass is 127. The third-order valence-corrected chi connectivity index (χ3v) is 3.73. The van der Waals surface area contributed by atoms with E-state index in [2.05, 4.69) is 10.6 Å². The molecule has 7 heteroatoms. The van der Waals surface area contributed by atoms with Crippen LogP contribution in [0.5, 0.6) is 0 Å². The van der Waals surface area contributed by atoms with Crippen LogP contribution in [0, 0.1) is 9.39 Å². The SMILES string of the molecule is O=C(NC(=S)Nc1ccc(I)cc1F)c1ccccc1Cl. The van der Waals surface area contributed by atoms with E-state index in [-0.39, 0.29) is 10.8 Å². The number of carbonyl (C=O) groups is 1. The normalized spacial score (nSPS) is 10.0. The van der Waals surface area contributed by atoms with E-state index >= 15 is 0 Å².